The van der Waals surface area contributed by atoms with E-state index in [1.165, 1.54) is 34.0 Å². The van der Waals surface area contributed by atoms with E-state index in [4.69, 9.17) is 10.5 Å². The number of hydrogen-bond donors (Lipinski definition) is 1. The average molecular weight is 422 g/mol. The molecular formula is C26H31NO2S. The maximum Gasteiger partial charge on any atom is 0.258 e. The molecule has 1 amide bonds. The minimum Gasteiger partial charge on any atom is -0.488 e. The summed E-state index contributed by atoms with van der Waals surface area (Å²) in [6, 6.07) is 16.5. The van der Waals surface area contributed by atoms with Crippen LogP contribution in [0.2, 0.25) is 0 Å². The Bertz CT molecular complexity index is 959. The summed E-state index contributed by atoms with van der Waals surface area (Å²) in [5, 5.41) is 0. The average Bonchev–Trinajstić information content (AvgIpc) is 2.72. The van der Waals surface area contributed by atoms with E-state index in [2.05, 4.69) is 50.8 Å². The second kappa shape index (κ2) is 11.5. The van der Waals surface area contributed by atoms with Crippen LogP contribution in [-0.4, -0.2) is 11.7 Å². The van der Waals surface area contributed by atoms with Crippen molar-refractivity contribution in [3.63, 3.8) is 0 Å². The van der Waals surface area contributed by atoms with E-state index >= 15 is 0 Å². The van der Waals surface area contributed by atoms with E-state index in [0.29, 0.717) is 23.2 Å². The molecule has 3 rings (SSSR count). The van der Waals surface area contributed by atoms with E-state index in [1.807, 2.05) is 44.2 Å². The van der Waals surface area contributed by atoms with Gasteiger partial charge in [0.1, 0.15) is 17.3 Å². The third kappa shape index (κ3) is 6.96. The zero-order chi connectivity index (χ0) is 22.1. The molecule has 0 aliphatic carbocycles. The Morgan fingerprint density at radius 3 is 2.57 bits per heavy atom. The molecule has 30 heavy (non-hydrogen) atoms. The predicted molar refractivity (Wildman–Crippen MR) is 128 cm³/mol. The van der Waals surface area contributed by atoms with Gasteiger partial charge in [0.2, 0.25) is 0 Å². The molecule has 4 heteroatoms. The lowest BCUT2D eigenvalue weighted by Gasteiger charge is -2.17. The molecule has 0 fully saturated rings. The Labute approximate surface area is 184 Å². The van der Waals surface area contributed by atoms with Crippen molar-refractivity contribution in [2.24, 2.45) is 5.73 Å². The van der Waals surface area contributed by atoms with Crippen LogP contribution in [0.3, 0.4) is 0 Å². The van der Waals surface area contributed by atoms with Gasteiger partial charge in [0, 0.05) is 5.75 Å². The number of carbonyl (C=O) groups is 1. The number of rotatable bonds is 6. The van der Waals surface area contributed by atoms with Crippen LogP contribution in [0.1, 0.15) is 42.0 Å². The van der Waals surface area contributed by atoms with E-state index in [-0.39, 0.29) is 0 Å². The van der Waals surface area contributed by atoms with Crippen molar-refractivity contribution >= 4 is 17.7 Å². The Balaban J connectivity index is 0.000000248. The third-order valence-corrected chi connectivity index (χ3v) is 6.07. The topological polar surface area (TPSA) is 52.3 Å². The Hall–Kier alpha value is -2.72. The first-order valence-electron chi connectivity index (χ1n) is 10.0. The lowest BCUT2D eigenvalue weighted by Crippen LogP contribution is -2.17. The van der Waals surface area contributed by atoms with Crippen molar-refractivity contribution in [3.05, 3.63) is 106 Å². The van der Waals surface area contributed by atoms with E-state index in [1.54, 1.807) is 0 Å². The number of primary amides is 1. The van der Waals surface area contributed by atoms with Crippen molar-refractivity contribution in [1.29, 1.82) is 0 Å². The molecule has 1 aliphatic rings. The standard InChI is InChI=1S/C15H17NO2S.C11H14/c1-10-4-3-5-12(6-10)8-18-13-7-11(2)9-19-14(13)15(16)17;1-4-9(2)11-8-6-5-7-10(11)3/h3-7H,8-9H2,1-2H3,(H2,16,17);4-9H,1H2,2-3H3. The molecule has 2 aromatic rings. The maximum atomic E-state index is 11.4. The molecule has 0 saturated heterocycles. The first-order chi connectivity index (χ1) is 14.3. The van der Waals surface area contributed by atoms with E-state index in [9.17, 15) is 4.79 Å². The van der Waals surface area contributed by atoms with Crippen molar-refractivity contribution < 1.29 is 9.53 Å². The summed E-state index contributed by atoms with van der Waals surface area (Å²) >= 11 is 1.44. The zero-order valence-corrected chi connectivity index (χ0v) is 19.1. The number of benzene rings is 2. The molecule has 1 atom stereocenters. The summed E-state index contributed by atoms with van der Waals surface area (Å²) in [5.41, 5.74) is 11.5. The Kier molecular flexibility index (Phi) is 9.00. The molecule has 0 spiro atoms. The quantitative estimate of drug-likeness (QED) is 0.566. The number of nitrogens with two attached hydrogens (primary N) is 1. The smallest absolute Gasteiger partial charge is 0.258 e. The first kappa shape index (κ1) is 23.6. The van der Waals surface area contributed by atoms with Gasteiger partial charge in [-0.1, -0.05) is 72.7 Å². The van der Waals surface area contributed by atoms with Crippen LogP contribution in [0, 0.1) is 13.8 Å². The van der Waals surface area contributed by atoms with Gasteiger partial charge in [-0.15, -0.1) is 18.3 Å². The molecule has 0 bridgehead atoms. The minimum atomic E-state index is -0.423. The molecule has 0 aromatic heterocycles. The van der Waals surface area contributed by atoms with Gasteiger partial charge >= 0.3 is 0 Å². The minimum absolute atomic E-state index is 0.423. The van der Waals surface area contributed by atoms with Gasteiger partial charge < -0.3 is 10.5 Å². The molecule has 2 aromatic carbocycles. The molecule has 1 aliphatic heterocycles. The fourth-order valence-electron chi connectivity index (χ4n) is 3.08. The lowest BCUT2D eigenvalue weighted by atomic mass is 9.97. The van der Waals surface area contributed by atoms with Crippen LogP contribution in [-0.2, 0) is 16.1 Å². The van der Waals surface area contributed by atoms with Gasteiger partial charge in [0.05, 0.1) is 0 Å². The normalized spacial score (nSPS) is 14.2. The highest BCUT2D eigenvalue weighted by Gasteiger charge is 2.18. The number of aryl methyl sites for hydroxylation is 2. The molecule has 3 nitrogen and oxygen atoms in total. The van der Waals surface area contributed by atoms with Crippen LogP contribution in [0.15, 0.2) is 83.5 Å². The second-order valence-corrected chi connectivity index (χ2v) is 8.48. The first-order valence-corrected chi connectivity index (χ1v) is 11.0. The van der Waals surface area contributed by atoms with Gasteiger partial charge in [0.15, 0.2) is 0 Å². The number of hydrogen-bond acceptors (Lipinski definition) is 3. The maximum absolute atomic E-state index is 11.4. The molecular weight excluding hydrogens is 390 g/mol. The lowest BCUT2D eigenvalue weighted by molar-refractivity contribution is -0.114. The monoisotopic (exact) mass is 421 g/mol. The summed E-state index contributed by atoms with van der Waals surface area (Å²) in [5.74, 6) is 1.42. The summed E-state index contributed by atoms with van der Waals surface area (Å²) in [4.78, 5) is 11.9. The van der Waals surface area contributed by atoms with Gasteiger partial charge in [-0.05, 0) is 49.5 Å². The van der Waals surface area contributed by atoms with Crippen LogP contribution < -0.4 is 5.73 Å². The molecule has 1 unspecified atom stereocenters. The number of allylic oxidation sites excluding steroid dienone is 2. The van der Waals surface area contributed by atoms with E-state index in [0.717, 1.165) is 11.3 Å². The number of thioether (sulfide) groups is 1. The highest BCUT2D eigenvalue weighted by atomic mass is 32.2. The van der Waals surface area contributed by atoms with Crippen LogP contribution in [0.4, 0.5) is 0 Å². The molecule has 1 heterocycles. The largest absolute Gasteiger partial charge is 0.488 e. The van der Waals surface area contributed by atoms with Crippen LogP contribution in [0.25, 0.3) is 0 Å². The van der Waals surface area contributed by atoms with Gasteiger partial charge in [0.25, 0.3) is 5.91 Å². The van der Waals surface area contributed by atoms with Crippen LogP contribution in [0.5, 0.6) is 0 Å². The van der Waals surface area contributed by atoms with Gasteiger partial charge in [-0.2, -0.15) is 0 Å². The molecule has 0 saturated carbocycles. The Morgan fingerprint density at radius 1 is 1.20 bits per heavy atom. The van der Waals surface area contributed by atoms with Crippen molar-refractivity contribution in [1.82, 2.24) is 0 Å². The number of ether oxygens (including phenoxy) is 1. The highest BCUT2D eigenvalue weighted by molar-refractivity contribution is 8.04. The van der Waals surface area contributed by atoms with Crippen molar-refractivity contribution in [3.8, 4) is 0 Å². The fraction of sp³-hybridized carbons (Fsp3) is 0.269. The van der Waals surface area contributed by atoms with Crippen molar-refractivity contribution in [2.45, 2.75) is 40.2 Å². The molecule has 158 valence electrons. The van der Waals surface area contributed by atoms with Crippen molar-refractivity contribution in [2.75, 3.05) is 5.75 Å². The SMILES string of the molecule is C=CC(C)c1ccccc1C.CC1=CC(OCc2cccc(C)c2)=C(C(N)=O)SC1. The van der Waals surface area contributed by atoms with Gasteiger partial charge in [-0.25, -0.2) is 0 Å². The van der Waals surface area contributed by atoms with E-state index < -0.39 is 5.91 Å². The Morgan fingerprint density at radius 2 is 1.93 bits per heavy atom. The fourth-order valence-corrected chi connectivity index (χ4v) is 3.93. The number of carbonyl (C=O) groups excluding carboxylic acids is 1. The summed E-state index contributed by atoms with van der Waals surface area (Å²) < 4.78 is 5.75. The van der Waals surface area contributed by atoms with Crippen LogP contribution >= 0.6 is 11.8 Å². The number of amides is 1. The second-order valence-electron chi connectivity index (χ2n) is 7.50. The summed E-state index contributed by atoms with van der Waals surface area (Å²) in [6.45, 7) is 12.6. The summed E-state index contributed by atoms with van der Waals surface area (Å²) in [6.07, 6.45) is 3.87. The molecule has 0 radical (unpaired) electrons. The highest BCUT2D eigenvalue weighted by Crippen LogP contribution is 2.29. The van der Waals surface area contributed by atoms with Gasteiger partial charge in [-0.3, -0.25) is 4.79 Å². The predicted octanol–water partition coefficient (Wildman–Crippen LogP) is 6.19. The molecule has 2 N–H and O–H groups in total. The third-order valence-electron chi connectivity index (χ3n) is 4.78. The zero-order valence-electron chi connectivity index (χ0n) is 18.3. The summed E-state index contributed by atoms with van der Waals surface area (Å²) in [7, 11) is 0.